The molecule has 5 heteroatoms. The number of pyridine rings is 1. The normalized spacial score (nSPS) is 10.4. The van der Waals surface area contributed by atoms with Gasteiger partial charge in [-0.25, -0.2) is 14.5 Å². The largest absolute Gasteiger partial charge is 0.478 e. The lowest BCUT2D eigenvalue weighted by atomic mass is 10.2. The highest BCUT2D eigenvalue weighted by atomic mass is 16.4. The van der Waals surface area contributed by atoms with Gasteiger partial charge >= 0.3 is 5.97 Å². The van der Waals surface area contributed by atoms with Gasteiger partial charge in [0.25, 0.3) is 0 Å². The van der Waals surface area contributed by atoms with E-state index in [0.717, 1.165) is 11.3 Å². The van der Waals surface area contributed by atoms with E-state index in [1.165, 1.54) is 10.7 Å². The lowest BCUT2D eigenvalue weighted by Crippen LogP contribution is -2.08. The minimum Gasteiger partial charge on any atom is -0.478 e. The lowest BCUT2D eigenvalue weighted by molar-refractivity contribution is 0.0696. The van der Waals surface area contributed by atoms with Gasteiger partial charge in [0.15, 0.2) is 5.82 Å². The first-order chi connectivity index (χ1) is 7.58. The van der Waals surface area contributed by atoms with Crippen molar-refractivity contribution in [2.75, 3.05) is 0 Å². The zero-order chi connectivity index (χ0) is 11.7. The van der Waals surface area contributed by atoms with Crippen molar-refractivity contribution >= 4 is 5.97 Å². The van der Waals surface area contributed by atoms with Gasteiger partial charge in [-0.1, -0.05) is 0 Å². The van der Waals surface area contributed by atoms with Crippen LogP contribution in [0.2, 0.25) is 0 Å². The van der Waals surface area contributed by atoms with Crippen molar-refractivity contribution in [1.29, 1.82) is 0 Å². The van der Waals surface area contributed by atoms with Gasteiger partial charge in [0.1, 0.15) is 5.56 Å². The van der Waals surface area contributed by atoms with E-state index in [2.05, 4.69) is 10.1 Å². The van der Waals surface area contributed by atoms with E-state index < -0.39 is 5.97 Å². The van der Waals surface area contributed by atoms with Crippen LogP contribution in [0.1, 0.15) is 21.6 Å². The molecule has 2 rings (SSSR count). The number of carboxylic acid groups (broad SMARTS) is 1. The maximum absolute atomic E-state index is 11.0. The van der Waals surface area contributed by atoms with Crippen molar-refractivity contribution in [3.05, 3.63) is 41.3 Å². The molecule has 0 saturated heterocycles. The molecule has 5 nitrogen and oxygen atoms in total. The average Bonchev–Trinajstić information content (AvgIpc) is 2.64. The van der Waals surface area contributed by atoms with Gasteiger partial charge in [-0.15, -0.1) is 0 Å². The third kappa shape index (κ3) is 1.79. The van der Waals surface area contributed by atoms with E-state index in [-0.39, 0.29) is 5.56 Å². The molecule has 0 aliphatic carbocycles. The van der Waals surface area contributed by atoms with Crippen LogP contribution in [0.4, 0.5) is 0 Å². The summed E-state index contributed by atoms with van der Waals surface area (Å²) in [5, 5.41) is 13.1. The van der Waals surface area contributed by atoms with Crippen LogP contribution in [0.5, 0.6) is 0 Å². The molecule has 0 aliphatic rings. The lowest BCUT2D eigenvalue weighted by Gasteiger charge is -2.05. The Hall–Kier alpha value is -2.17. The summed E-state index contributed by atoms with van der Waals surface area (Å²) >= 11 is 0. The van der Waals surface area contributed by atoms with Crippen molar-refractivity contribution in [2.45, 2.75) is 13.8 Å². The first kappa shape index (κ1) is 10.4. The molecule has 0 saturated carbocycles. The maximum Gasteiger partial charge on any atom is 0.339 e. The number of rotatable bonds is 2. The third-order valence-electron chi connectivity index (χ3n) is 2.17. The first-order valence-electron chi connectivity index (χ1n) is 4.80. The van der Waals surface area contributed by atoms with E-state index in [1.54, 1.807) is 18.5 Å². The van der Waals surface area contributed by atoms with Crippen LogP contribution >= 0.6 is 0 Å². The van der Waals surface area contributed by atoms with Gasteiger partial charge in [-0.2, -0.15) is 5.10 Å². The Kier molecular flexibility index (Phi) is 2.44. The number of aryl methyl sites for hydroxylation is 2. The predicted octanol–water partition coefficient (Wildman–Crippen LogP) is 1.58. The third-order valence-corrected chi connectivity index (χ3v) is 2.17. The molecule has 2 aromatic rings. The van der Waals surface area contributed by atoms with E-state index >= 15 is 0 Å². The van der Waals surface area contributed by atoms with E-state index in [9.17, 15) is 4.79 Å². The molecule has 82 valence electrons. The molecule has 0 atom stereocenters. The minimum atomic E-state index is -1.00. The van der Waals surface area contributed by atoms with Crippen LogP contribution in [0.25, 0.3) is 5.82 Å². The molecular formula is C11H11N3O2. The number of aromatic carboxylic acids is 1. The number of carboxylic acids is 1. The van der Waals surface area contributed by atoms with Gasteiger partial charge in [-0.05, 0) is 31.5 Å². The molecule has 0 bridgehead atoms. The first-order valence-corrected chi connectivity index (χ1v) is 4.80. The van der Waals surface area contributed by atoms with E-state index in [0.29, 0.717) is 5.82 Å². The molecular weight excluding hydrogens is 206 g/mol. The fourth-order valence-corrected chi connectivity index (χ4v) is 1.41. The standard InChI is InChI=1S/C11H11N3O2/c1-7-5-12-14(6-7)10-9(11(15)16)4-3-8(2)13-10/h3-6H,1-2H3,(H,15,16). The molecule has 2 heterocycles. The summed E-state index contributed by atoms with van der Waals surface area (Å²) in [6.45, 7) is 3.70. The fourth-order valence-electron chi connectivity index (χ4n) is 1.41. The van der Waals surface area contributed by atoms with E-state index in [4.69, 9.17) is 5.11 Å². The summed E-state index contributed by atoms with van der Waals surface area (Å²) in [4.78, 5) is 15.2. The van der Waals surface area contributed by atoms with Crippen LogP contribution in [-0.2, 0) is 0 Å². The SMILES string of the molecule is Cc1cnn(-c2nc(C)ccc2C(=O)O)c1. The second kappa shape index (κ2) is 3.77. The highest BCUT2D eigenvalue weighted by Crippen LogP contribution is 2.13. The Balaban J connectivity index is 2.62. The van der Waals surface area contributed by atoms with Gasteiger partial charge in [0.05, 0.1) is 6.20 Å². The Morgan fingerprint density at radius 2 is 2.12 bits per heavy atom. The number of hydrogen-bond acceptors (Lipinski definition) is 3. The van der Waals surface area contributed by atoms with Gasteiger partial charge in [0.2, 0.25) is 0 Å². The van der Waals surface area contributed by atoms with Crippen LogP contribution in [0, 0.1) is 13.8 Å². The zero-order valence-corrected chi connectivity index (χ0v) is 9.01. The van der Waals surface area contributed by atoms with Gasteiger partial charge in [0, 0.05) is 11.9 Å². The quantitative estimate of drug-likeness (QED) is 0.829. The summed E-state index contributed by atoms with van der Waals surface area (Å²) in [5.41, 5.74) is 1.86. The smallest absolute Gasteiger partial charge is 0.339 e. The highest BCUT2D eigenvalue weighted by Gasteiger charge is 2.13. The number of nitrogens with zero attached hydrogens (tertiary/aromatic N) is 3. The average molecular weight is 217 g/mol. The summed E-state index contributed by atoms with van der Waals surface area (Å²) in [5.74, 6) is -0.656. The van der Waals surface area contributed by atoms with Crippen molar-refractivity contribution in [3.63, 3.8) is 0 Å². The number of hydrogen-bond donors (Lipinski definition) is 1. The summed E-state index contributed by atoms with van der Waals surface area (Å²) in [6.07, 6.45) is 3.41. The molecule has 0 aromatic carbocycles. The van der Waals surface area contributed by atoms with Crippen LogP contribution < -0.4 is 0 Å². The Bertz CT molecular complexity index is 546. The van der Waals surface area contributed by atoms with Crippen molar-refractivity contribution < 1.29 is 9.90 Å². The topological polar surface area (TPSA) is 68.0 Å². The fraction of sp³-hybridized carbons (Fsp3) is 0.182. The van der Waals surface area contributed by atoms with Crippen LogP contribution in [0.15, 0.2) is 24.5 Å². The number of carbonyl (C=O) groups is 1. The van der Waals surface area contributed by atoms with E-state index in [1.807, 2.05) is 13.8 Å². The maximum atomic E-state index is 11.0. The second-order valence-corrected chi connectivity index (χ2v) is 3.59. The molecule has 2 aromatic heterocycles. The van der Waals surface area contributed by atoms with Crippen molar-refractivity contribution in [2.24, 2.45) is 0 Å². The molecule has 1 N–H and O–H groups in total. The summed E-state index contributed by atoms with van der Waals surface area (Å²) in [6, 6.07) is 3.21. The summed E-state index contributed by atoms with van der Waals surface area (Å²) < 4.78 is 1.48. The van der Waals surface area contributed by atoms with Crippen molar-refractivity contribution in [3.8, 4) is 5.82 Å². The molecule has 0 spiro atoms. The second-order valence-electron chi connectivity index (χ2n) is 3.59. The van der Waals surface area contributed by atoms with Gasteiger partial charge < -0.3 is 5.11 Å². The zero-order valence-electron chi connectivity index (χ0n) is 9.01. The number of aromatic nitrogens is 3. The molecule has 0 unspecified atom stereocenters. The monoisotopic (exact) mass is 217 g/mol. The van der Waals surface area contributed by atoms with Crippen LogP contribution in [0.3, 0.4) is 0 Å². The molecule has 0 radical (unpaired) electrons. The molecule has 0 aliphatic heterocycles. The summed E-state index contributed by atoms with van der Waals surface area (Å²) in [7, 11) is 0. The predicted molar refractivity (Wildman–Crippen MR) is 57.8 cm³/mol. The van der Waals surface area contributed by atoms with Gasteiger partial charge in [-0.3, -0.25) is 0 Å². The highest BCUT2D eigenvalue weighted by molar-refractivity contribution is 5.91. The Morgan fingerprint density at radius 1 is 1.38 bits per heavy atom. The minimum absolute atomic E-state index is 0.147. The molecule has 0 amide bonds. The van der Waals surface area contributed by atoms with Crippen molar-refractivity contribution in [1.82, 2.24) is 14.8 Å². The molecule has 0 fully saturated rings. The Labute approximate surface area is 92.4 Å². The van der Waals surface area contributed by atoms with Crippen LogP contribution in [-0.4, -0.2) is 25.8 Å². The molecule has 16 heavy (non-hydrogen) atoms. The Morgan fingerprint density at radius 3 is 2.69 bits per heavy atom.